The first-order valence-electron chi connectivity index (χ1n) is 9.43. The van der Waals surface area contributed by atoms with E-state index >= 15 is 0 Å². The Morgan fingerprint density at radius 3 is 2.19 bits per heavy atom. The molecule has 1 N–H and O–H groups in total. The lowest BCUT2D eigenvalue weighted by atomic mass is 10.1. The molecular formula is C23H22Cl2N2OS3. The first kappa shape index (κ1) is 24.3. The van der Waals surface area contributed by atoms with Crippen molar-refractivity contribution in [1.82, 2.24) is 4.98 Å². The summed E-state index contributed by atoms with van der Waals surface area (Å²) in [5.74, 6) is 0.590. The van der Waals surface area contributed by atoms with Gasteiger partial charge in [-0.1, -0.05) is 47.5 Å². The quantitative estimate of drug-likeness (QED) is 0.315. The monoisotopic (exact) mass is 508 g/mol. The predicted octanol–water partition coefficient (Wildman–Crippen LogP) is 7.75. The third-order valence-electron chi connectivity index (χ3n) is 4.48. The number of carbonyl (C=O) groups excluding carboxylic acids is 1. The van der Waals surface area contributed by atoms with Gasteiger partial charge in [0.1, 0.15) is 10.3 Å². The topological polar surface area (TPSA) is 42.0 Å². The average Bonchev–Trinajstić information content (AvgIpc) is 2.77. The van der Waals surface area contributed by atoms with Gasteiger partial charge in [-0.25, -0.2) is 4.98 Å². The fraction of sp³-hybridized carbons (Fsp3) is 0.217. The summed E-state index contributed by atoms with van der Waals surface area (Å²) in [4.78, 5) is 19.1. The molecule has 0 radical (unpaired) electrons. The zero-order valence-corrected chi connectivity index (χ0v) is 21.3. The SMILES string of the molecule is CSc1cc(C)nc(SC)c1NC(=O)C(SCc1ccc(Cl)cc1)c1ccc(Cl)cc1. The molecule has 3 nitrogen and oxygen atoms in total. The summed E-state index contributed by atoms with van der Waals surface area (Å²) in [5, 5.41) is 4.90. The van der Waals surface area contributed by atoms with Gasteiger partial charge in [0.15, 0.2) is 0 Å². The molecule has 0 spiro atoms. The standard InChI is InChI=1S/C23H22Cl2N2OS3/c1-14-12-19(29-2)20(23(26-14)30-3)27-22(28)21(16-6-10-18(25)11-7-16)31-13-15-4-8-17(24)9-5-15/h4-12,21H,13H2,1-3H3,(H,27,28). The molecule has 8 heteroatoms. The second-order valence-corrected chi connectivity index (χ2v) is 10.3. The molecule has 1 unspecified atom stereocenters. The van der Waals surface area contributed by atoms with Crippen LogP contribution in [-0.2, 0) is 10.5 Å². The van der Waals surface area contributed by atoms with Crippen molar-refractivity contribution in [3.63, 3.8) is 0 Å². The number of anilines is 1. The molecule has 3 rings (SSSR count). The summed E-state index contributed by atoms with van der Waals surface area (Å²) in [5.41, 5.74) is 3.70. The third-order valence-corrected chi connectivity index (χ3v) is 7.75. The molecule has 31 heavy (non-hydrogen) atoms. The molecule has 162 valence electrons. The maximum absolute atomic E-state index is 13.5. The number of aryl methyl sites for hydroxylation is 1. The average molecular weight is 510 g/mol. The molecule has 0 aliphatic carbocycles. The molecule has 0 saturated heterocycles. The highest BCUT2D eigenvalue weighted by Gasteiger charge is 2.24. The Balaban J connectivity index is 1.89. The summed E-state index contributed by atoms with van der Waals surface area (Å²) in [7, 11) is 0. The number of carbonyl (C=O) groups is 1. The zero-order chi connectivity index (χ0) is 22.4. The minimum absolute atomic E-state index is 0.0856. The molecule has 0 aliphatic heterocycles. The van der Waals surface area contributed by atoms with E-state index in [1.807, 2.05) is 74.0 Å². The summed E-state index contributed by atoms with van der Waals surface area (Å²) < 4.78 is 0. The largest absolute Gasteiger partial charge is 0.322 e. The van der Waals surface area contributed by atoms with Crippen LogP contribution >= 0.6 is 58.5 Å². The van der Waals surface area contributed by atoms with Crippen LogP contribution in [0.5, 0.6) is 0 Å². The summed E-state index contributed by atoms with van der Waals surface area (Å²) in [6, 6.07) is 17.1. The fourth-order valence-electron chi connectivity index (χ4n) is 2.95. The van der Waals surface area contributed by atoms with E-state index in [0.717, 1.165) is 32.4 Å². The summed E-state index contributed by atoms with van der Waals surface area (Å²) >= 11 is 16.8. The van der Waals surface area contributed by atoms with Crippen molar-refractivity contribution in [1.29, 1.82) is 0 Å². The van der Waals surface area contributed by atoms with Crippen molar-refractivity contribution in [2.45, 2.75) is 27.8 Å². The normalized spacial score (nSPS) is 11.9. The van der Waals surface area contributed by atoms with Gasteiger partial charge in [0, 0.05) is 26.4 Å². The number of rotatable bonds is 8. The van der Waals surface area contributed by atoms with Crippen LogP contribution in [0.3, 0.4) is 0 Å². The van der Waals surface area contributed by atoms with Crippen LogP contribution in [-0.4, -0.2) is 23.4 Å². The number of aromatic nitrogens is 1. The Hall–Kier alpha value is -1.31. The minimum atomic E-state index is -0.404. The van der Waals surface area contributed by atoms with Crippen LogP contribution < -0.4 is 5.32 Å². The van der Waals surface area contributed by atoms with Gasteiger partial charge in [-0.2, -0.15) is 0 Å². The Bertz CT molecular complexity index is 1020. The Kier molecular flexibility index (Phi) is 9.05. The molecule has 0 bridgehead atoms. The van der Waals surface area contributed by atoms with Crippen LogP contribution in [0.25, 0.3) is 0 Å². The summed E-state index contributed by atoms with van der Waals surface area (Å²) in [6.45, 7) is 1.96. The van der Waals surface area contributed by atoms with Gasteiger partial charge < -0.3 is 5.32 Å². The van der Waals surface area contributed by atoms with Crippen LogP contribution in [0.2, 0.25) is 10.0 Å². The molecule has 2 aromatic carbocycles. The van der Waals surface area contributed by atoms with Crippen molar-refractivity contribution in [2.24, 2.45) is 0 Å². The number of thioether (sulfide) groups is 3. The van der Waals surface area contributed by atoms with Crippen molar-refractivity contribution in [2.75, 3.05) is 17.8 Å². The highest BCUT2D eigenvalue weighted by Crippen LogP contribution is 2.37. The van der Waals surface area contributed by atoms with Crippen LogP contribution in [0.15, 0.2) is 64.5 Å². The Morgan fingerprint density at radius 2 is 1.61 bits per heavy atom. The van der Waals surface area contributed by atoms with Crippen LogP contribution in [0, 0.1) is 6.92 Å². The molecule has 1 heterocycles. The molecule has 0 saturated carbocycles. The van der Waals surface area contributed by atoms with E-state index < -0.39 is 5.25 Å². The van der Waals surface area contributed by atoms with Gasteiger partial charge in [0.25, 0.3) is 0 Å². The maximum atomic E-state index is 13.5. The van der Waals surface area contributed by atoms with Gasteiger partial charge in [0.05, 0.1) is 5.69 Å². The number of hydrogen-bond acceptors (Lipinski definition) is 5. The maximum Gasteiger partial charge on any atom is 0.242 e. The molecule has 1 aromatic heterocycles. The predicted molar refractivity (Wildman–Crippen MR) is 138 cm³/mol. The lowest BCUT2D eigenvalue weighted by Gasteiger charge is -2.20. The first-order chi connectivity index (χ1) is 14.9. The van der Waals surface area contributed by atoms with Crippen molar-refractivity contribution in [3.05, 3.63) is 81.5 Å². The zero-order valence-electron chi connectivity index (χ0n) is 17.3. The van der Waals surface area contributed by atoms with Gasteiger partial charge in [-0.15, -0.1) is 35.3 Å². The first-order valence-corrected chi connectivity index (χ1v) is 13.7. The van der Waals surface area contributed by atoms with E-state index in [4.69, 9.17) is 23.2 Å². The third kappa shape index (κ3) is 6.59. The van der Waals surface area contributed by atoms with Crippen LogP contribution in [0.1, 0.15) is 22.1 Å². The van der Waals surface area contributed by atoms with E-state index in [1.165, 1.54) is 11.8 Å². The Morgan fingerprint density at radius 1 is 1.00 bits per heavy atom. The van der Waals surface area contributed by atoms with Gasteiger partial charge in [-0.05, 0) is 60.9 Å². The molecule has 1 atom stereocenters. The smallest absolute Gasteiger partial charge is 0.242 e. The Labute approximate surface area is 206 Å². The molecule has 3 aromatic rings. The highest BCUT2D eigenvalue weighted by molar-refractivity contribution is 8.00. The number of benzene rings is 2. The van der Waals surface area contributed by atoms with E-state index in [1.54, 1.807) is 23.5 Å². The van der Waals surface area contributed by atoms with Crippen molar-refractivity contribution >= 4 is 70.1 Å². The number of nitrogens with zero attached hydrogens (tertiary/aromatic N) is 1. The van der Waals surface area contributed by atoms with Crippen molar-refractivity contribution in [3.8, 4) is 0 Å². The second-order valence-electron chi connectivity index (χ2n) is 6.71. The lowest BCUT2D eigenvalue weighted by molar-refractivity contribution is -0.115. The number of pyridine rings is 1. The highest BCUT2D eigenvalue weighted by atomic mass is 35.5. The fourth-order valence-corrected chi connectivity index (χ4v) is 5.62. The lowest BCUT2D eigenvalue weighted by Crippen LogP contribution is -2.20. The molecule has 0 fully saturated rings. The second kappa shape index (κ2) is 11.5. The summed E-state index contributed by atoms with van der Waals surface area (Å²) in [6.07, 6.45) is 3.97. The number of amides is 1. The van der Waals surface area contributed by atoms with E-state index in [9.17, 15) is 4.79 Å². The van der Waals surface area contributed by atoms with Crippen molar-refractivity contribution < 1.29 is 4.79 Å². The number of halogens is 2. The van der Waals surface area contributed by atoms with Crippen LogP contribution in [0.4, 0.5) is 5.69 Å². The van der Waals surface area contributed by atoms with E-state index in [-0.39, 0.29) is 5.91 Å². The van der Waals surface area contributed by atoms with E-state index in [2.05, 4.69) is 10.3 Å². The van der Waals surface area contributed by atoms with Gasteiger partial charge in [0.2, 0.25) is 5.91 Å². The van der Waals surface area contributed by atoms with Gasteiger partial charge in [-0.3, -0.25) is 4.79 Å². The number of nitrogens with one attached hydrogen (secondary N) is 1. The van der Waals surface area contributed by atoms with Gasteiger partial charge >= 0.3 is 0 Å². The number of hydrogen-bond donors (Lipinski definition) is 1. The molecule has 1 amide bonds. The minimum Gasteiger partial charge on any atom is -0.322 e. The molecular weight excluding hydrogens is 487 g/mol. The van der Waals surface area contributed by atoms with E-state index in [0.29, 0.717) is 15.8 Å². The molecule has 0 aliphatic rings.